The molecule has 0 radical (unpaired) electrons. The molecule has 2 aromatic heterocycles. The van der Waals surface area contributed by atoms with Gasteiger partial charge in [-0.05, 0) is 65.6 Å². The predicted octanol–water partition coefficient (Wildman–Crippen LogP) is 6.12. The minimum atomic E-state index is -1.02. The third kappa shape index (κ3) is 4.59. The van der Waals surface area contributed by atoms with Gasteiger partial charge in [-0.2, -0.15) is 0 Å². The molecule has 0 saturated heterocycles. The van der Waals surface area contributed by atoms with Gasteiger partial charge in [0.2, 0.25) is 23.6 Å². The van der Waals surface area contributed by atoms with Crippen molar-refractivity contribution in [2.75, 3.05) is 0 Å². The van der Waals surface area contributed by atoms with E-state index in [1.807, 2.05) is 36.4 Å². The van der Waals surface area contributed by atoms with Gasteiger partial charge in [-0.25, -0.2) is 4.79 Å². The van der Waals surface area contributed by atoms with E-state index in [0.717, 1.165) is 11.1 Å². The number of hydrogen-bond donors (Lipinski definition) is 1. The van der Waals surface area contributed by atoms with E-state index in [0.29, 0.717) is 28.8 Å². The highest BCUT2D eigenvalue weighted by Crippen LogP contribution is 2.29. The standard InChI is InChI=1S/C27H22N4O4/c1-27(2,3)21-13-11-18(12-14-21)24-29-28-22(34-24)16-7-9-17(10-8-16)23-30-31-25(35-23)19-5-4-6-20(15-19)26(32)33/h4-15H,1-3H3,(H,32,33). The quantitative estimate of drug-likeness (QED) is 0.329. The van der Waals surface area contributed by atoms with Crippen LogP contribution < -0.4 is 0 Å². The molecule has 3 aromatic carbocycles. The van der Waals surface area contributed by atoms with Crippen LogP contribution in [0.4, 0.5) is 0 Å². The highest BCUT2D eigenvalue weighted by molar-refractivity contribution is 5.89. The minimum Gasteiger partial charge on any atom is -0.478 e. The fourth-order valence-corrected chi connectivity index (χ4v) is 3.57. The summed E-state index contributed by atoms with van der Waals surface area (Å²) in [6.45, 7) is 6.51. The van der Waals surface area contributed by atoms with Gasteiger partial charge in [-0.1, -0.05) is 39.0 Å². The first-order valence-corrected chi connectivity index (χ1v) is 11.0. The van der Waals surface area contributed by atoms with E-state index in [-0.39, 0.29) is 16.9 Å². The number of nitrogens with zero attached hydrogens (tertiary/aromatic N) is 4. The molecule has 0 fully saturated rings. The summed E-state index contributed by atoms with van der Waals surface area (Å²) in [6, 6.07) is 21.8. The zero-order valence-electron chi connectivity index (χ0n) is 19.4. The normalized spacial score (nSPS) is 11.5. The number of hydrogen-bond acceptors (Lipinski definition) is 7. The monoisotopic (exact) mass is 466 g/mol. The first-order valence-electron chi connectivity index (χ1n) is 11.0. The van der Waals surface area contributed by atoms with Crippen LogP contribution >= 0.6 is 0 Å². The molecule has 5 aromatic rings. The summed E-state index contributed by atoms with van der Waals surface area (Å²) in [6.07, 6.45) is 0. The Labute approximate surface area is 201 Å². The van der Waals surface area contributed by atoms with E-state index in [2.05, 4.69) is 53.3 Å². The summed E-state index contributed by atoms with van der Waals surface area (Å²) in [5.41, 5.74) is 4.31. The van der Waals surface area contributed by atoms with Gasteiger partial charge in [0.05, 0.1) is 5.56 Å². The lowest BCUT2D eigenvalue weighted by atomic mass is 9.87. The maximum atomic E-state index is 11.2. The third-order valence-corrected chi connectivity index (χ3v) is 5.58. The SMILES string of the molecule is CC(C)(C)c1ccc(-c2nnc(-c3ccc(-c4nnc(-c5cccc(C(=O)O)c5)o4)cc3)o2)cc1. The van der Waals surface area contributed by atoms with Crippen molar-refractivity contribution in [2.24, 2.45) is 0 Å². The second kappa shape index (κ2) is 8.64. The largest absolute Gasteiger partial charge is 0.478 e. The summed E-state index contributed by atoms with van der Waals surface area (Å²) >= 11 is 0. The second-order valence-corrected chi connectivity index (χ2v) is 9.12. The van der Waals surface area contributed by atoms with Gasteiger partial charge in [0.15, 0.2) is 0 Å². The summed E-state index contributed by atoms with van der Waals surface area (Å²) in [5.74, 6) is 0.398. The smallest absolute Gasteiger partial charge is 0.335 e. The maximum absolute atomic E-state index is 11.2. The van der Waals surface area contributed by atoms with E-state index in [4.69, 9.17) is 8.83 Å². The first kappa shape index (κ1) is 22.2. The highest BCUT2D eigenvalue weighted by Gasteiger charge is 2.16. The topological polar surface area (TPSA) is 115 Å². The molecule has 0 aliphatic heterocycles. The molecule has 1 N–H and O–H groups in total. The van der Waals surface area contributed by atoms with Crippen molar-refractivity contribution in [3.05, 3.63) is 83.9 Å². The van der Waals surface area contributed by atoms with Crippen LogP contribution in [0.25, 0.3) is 45.8 Å². The molecule has 8 nitrogen and oxygen atoms in total. The van der Waals surface area contributed by atoms with E-state index >= 15 is 0 Å². The summed E-state index contributed by atoms with van der Waals surface area (Å²) in [5, 5.41) is 25.7. The maximum Gasteiger partial charge on any atom is 0.335 e. The third-order valence-electron chi connectivity index (χ3n) is 5.58. The fourth-order valence-electron chi connectivity index (χ4n) is 3.57. The second-order valence-electron chi connectivity index (χ2n) is 9.12. The van der Waals surface area contributed by atoms with Crippen LogP contribution in [0, 0.1) is 0 Å². The van der Waals surface area contributed by atoms with Crippen LogP contribution in [0.2, 0.25) is 0 Å². The van der Waals surface area contributed by atoms with Crippen LogP contribution in [0.5, 0.6) is 0 Å². The Morgan fingerprint density at radius 1 is 0.657 bits per heavy atom. The summed E-state index contributed by atoms with van der Waals surface area (Å²) in [4.78, 5) is 11.2. The summed E-state index contributed by atoms with van der Waals surface area (Å²) < 4.78 is 11.7. The molecule has 2 heterocycles. The van der Waals surface area contributed by atoms with Crippen molar-refractivity contribution in [3.8, 4) is 45.8 Å². The van der Waals surface area contributed by atoms with Crippen molar-refractivity contribution < 1.29 is 18.7 Å². The highest BCUT2D eigenvalue weighted by atomic mass is 16.4. The van der Waals surface area contributed by atoms with E-state index in [1.54, 1.807) is 12.1 Å². The van der Waals surface area contributed by atoms with Crippen molar-refractivity contribution >= 4 is 5.97 Å². The fraction of sp³-hybridized carbons (Fsp3) is 0.148. The minimum absolute atomic E-state index is 0.0714. The lowest BCUT2D eigenvalue weighted by Crippen LogP contribution is -2.10. The average molecular weight is 466 g/mol. The Balaban J connectivity index is 1.34. The van der Waals surface area contributed by atoms with Gasteiger partial charge in [0.25, 0.3) is 0 Å². The van der Waals surface area contributed by atoms with Gasteiger partial charge >= 0.3 is 5.97 Å². The van der Waals surface area contributed by atoms with Crippen LogP contribution in [0.1, 0.15) is 36.7 Å². The molecule has 5 rings (SSSR count). The molecule has 0 spiro atoms. The summed E-state index contributed by atoms with van der Waals surface area (Å²) in [7, 11) is 0. The molecule has 174 valence electrons. The lowest BCUT2D eigenvalue weighted by Gasteiger charge is -2.18. The van der Waals surface area contributed by atoms with E-state index in [1.165, 1.54) is 17.7 Å². The average Bonchev–Trinajstić information content (AvgIpc) is 3.54. The van der Waals surface area contributed by atoms with Gasteiger partial charge in [0, 0.05) is 22.3 Å². The first-order chi connectivity index (χ1) is 16.8. The van der Waals surface area contributed by atoms with Crippen LogP contribution in [-0.4, -0.2) is 31.5 Å². The van der Waals surface area contributed by atoms with Gasteiger partial charge in [0.1, 0.15) is 0 Å². The molecular formula is C27H22N4O4. The van der Waals surface area contributed by atoms with Gasteiger partial charge in [-0.15, -0.1) is 20.4 Å². The molecule has 0 saturated carbocycles. The molecule has 0 bridgehead atoms. The molecule has 0 amide bonds. The Hall–Kier alpha value is -4.59. The Kier molecular flexibility index (Phi) is 5.49. The molecule has 0 unspecified atom stereocenters. The number of carbonyl (C=O) groups is 1. The van der Waals surface area contributed by atoms with Crippen molar-refractivity contribution in [2.45, 2.75) is 26.2 Å². The van der Waals surface area contributed by atoms with E-state index in [9.17, 15) is 9.90 Å². The number of carboxylic acids is 1. The lowest BCUT2D eigenvalue weighted by molar-refractivity contribution is 0.0697. The number of aromatic carboxylic acids is 1. The Morgan fingerprint density at radius 2 is 1.09 bits per heavy atom. The molecule has 35 heavy (non-hydrogen) atoms. The zero-order valence-corrected chi connectivity index (χ0v) is 19.4. The Morgan fingerprint density at radius 3 is 1.51 bits per heavy atom. The van der Waals surface area contributed by atoms with Crippen molar-refractivity contribution in [1.29, 1.82) is 0 Å². The number of rotatable bonds is 5. The molecule has 8 heteroatoms. The number of carboxylic acid groups (broad SMARTS) is 1. The molecule has 0 aliphatic carbocycles. The molecule has 0 atom stereocenters. The number of benzene rings is 3. The van der Waals surface area contributed by atoms with Crippen molar-refractivity contribution in [1.82, 2.24) is 20.4 Å². The van der Waals surface area contributed by atoms with Gasteiger partial charge in [-0.3, -0.25) is 0 Å². The Bertz CT molecular complexity index is 1490. The number of aromatic nitrogens is 4. The molecular weight excluding hydrogens is 444 g/mol. The van der Waals surface area contributed by atoms with E-state index < -0.39 is 5.97 Å². The van der Waals surface area contributed by atoms with Crippen molar-refractivity contribution in [3.63, 3.8) is 0 Å². The molecule has 0 aliphatic rings. The van der Waals surface area contributed by atoms with Crippen LogP contribution in [0.3, 0.4) is 0 Å². The van der Waals surface area contributed by atoms with Crippen LogP contribution in [-0.2, 0) is 5.41 Å². The predicted molar refractivity (Wildman–Crippen MR) is 130 cm³/mol. The van der Waals surface area contributed by atoms with Gasteiger partial charge < -0.3 is 13.9 Å². The van der Waals surface area contributed by atoms with Crippen LogP contribution in [0.15, 0.2) is 81.6 Å². The zero-order chi connectivity index (χ0) is 24.6.